The predicted octanol–water partition coefficient (Wildman–Crippen LogP) is 3.39. The third-order valence-electron chi connectivity index (χ3n) is 5.33. The highest BCUT2D eigenvalue weighted by Gasteiger charge is 2.43. The van der Waals surface area contributed by atoms with Gasteiger partial charge >= 0.3 is 24.0 Å². The van der Waals surface area contributed by atoms with Crippen molar-refractivity contribution >= 4 is 29.7 Å². The van der Waals surface area contributed by atoms with Crippen LogP contribution in [0.1, 0.15) is 60.3 Å². The normalized spacial score (nSPS) is 18.6. The molecule has 0 spiro atoms. The summed E-state index contributed by atoms with van der Waals surface area (Å²) in [6, 6.07) is 0. The van der Waals surface area contributed by atoms with Crippen molar-refractivity contribution in [2.75, 3.05) is 33.0 Å². The Morgan fingerprint density at radius 2 is 1.43 bits per heavy atom. The molecule has 1 amide bonds. The van der Waals surface area contributed by atoms with Gasteiger partial charge in [-0.2, -0.15) is 0 Å². The standard InChI is InChI=1S/C11H18N2O4.C11H16O3.C6H10O3/c1-5-9(4)13-17-11(15)12-6-7-16-10(14)8(2)3;1-7(2)11(12)13-6-8-3-4-9-10(5-8)14-9;1-5(2)6(8)9-4-3-7/h2,5-7H2,1,3-4H3,(H,12,15);8-10H,1,3-6H2,2H3;7H,1,3-4H2,2H3/b13-9+;;. The van der Waals surface area contributed by atoms with E-state index < -0.39 is 18.0 Å². The van der Waals surface area contributed by atoms with E-state index in [9.17, 15) is 19.2 Å². The summed E-state index contributed by atoms with van der Waals surface area (Å²) in [6.45, 7) is 19.4. The van der Waals surface area contributed by atoms with Crippen LogP contribution in [0.15, 0.2) is 41.6 Å². The smallest absolute Gasteiger partial charge is 0.433 e. The van der Waals surface area contributed by atoms with Crippen LogP contribution in [0.4, 0.5) is 4.79 Å². The molecule has 226 valence electrons. The number of fused-ring (bicyclic) bond motifs is 1. The molecule has 12 heteroatoms. The molecular formula is C28H44N2O10. The first-order valence-electron chi connectivity index (χ1n) is 13.0. The molecule has 12 nitrogen and oxygen atoms in total. The van der Waals surface area contributed by atoms with Gasteiger partial charge in [0.15, 0.2) is 0 Å². The number of epoxide rings is 1. The number of hydrogen-bond donors (Lipinski definition) is 2. The first-order valence-corrected chi connectivity index (χ1v) is 13.0. The van der Waals surface area contributed by atoms with Crippen molar-refractivity contribution in [2.45, 2.75) is 72.5 Å². The van der Waals surface area contributed by atoms with Gasteiger partial charge in [-0.1, -0.05) is 31.8 Å². The molecule has 3 unspecified atom stereocenters. The number of ether oxygens (including phenoxy) is 4. The largest absolute Gasteiger partial charge is 0.462 e. The molecular weight excluding hydrogens is 524 g/mol. The second-order valence-electron chi connectivity index (χ2n) is 9.31. The Bertz CT molecular complexity index is 928. The van der Waals surface area contributed by atoms with Crippen LogP contribution in [0, 0.1) is 5.92 Å². The van der Waals surface area contributed by atoms with Crippen LogP contribution in [0.25, 0.3) is 0 Å². The zero-order chi connectivity index (χ0) is 30.7. The Kier molecular flexibility index (Phi) is 18.6. The first kappa shape index (κ1) is 36.5. The molecule has 0 radical (unpaired) electrons. The number of carbonyl (C=O) groups excluding carboxylic acids is 4. The second kappa shape index (κ2) is 20.4. The van der Waals surface area contributed by atoms with Gasteiger partial charge in [0.25, 0.3) is 0 Å². The summed E-state index contributed by atoms with van der Waals surface area (Å²) in [5.41, 5.74) is 1.86. The number of rotatable bonds is 12. The molecule has 1 aliphatic carbocycles. The van der Waals surface area contributed by atoms with Gasteiger partial charge in [-0.3, -0.25) is 4.84 Å². The Hall–Kier alpha value is -3.51. The SMILES string of the molecule is C=C(C)C(=O)OCC1CCC2OC2C1.C=C(C)C(=O)OCCNC(=O)O/N=C(\C)CC.C=C(C)C(=O)OCCO. The lowest BCUT2D eigenvalue weighted by Crippen LogP contribution is -2.27. The summed E-state index contributed by atoms with van der Waals surface area (Å²) in [6.07, 6.45) is 4.30. The Labute approximate surface area is 236 Å². The number of aliphatic hydroxyl groups is 1. The van der Waals surface area contributed by atoms with E-state index in [4.69, 9.17) is 19.3 Å². The summed E-state index contributed by atoms with van der Waals surface area (Å²) < 4.78 is 19.7. The molecule has 2 aliphatic rings. The van der Waals surface area contributed by atoms with Crippen molar-refractivity contribution in [3.63, 3.8) is 0 Å². The van der Waals surface area contributed by atoms with E-state index in [0.717, 1.165) is 19.3 Å². The van der Waals surface area contributed by atoms with E-state index in [0.29, 0.717) is 53.6 Å². The highest BCUT2D eigenvalue weighted by atomic mass is 16.7. The lowest BCUT2D eigenvalue weighted by atomic mass is 9.90. The summed E-state index contributed by atoms with van der Waals surface area (Å²) in [7, 11) is 0. The maximum absolute atomic E-state index is 11.1. The summed E-state index contributed by atoms with van der Waals surface area (Å²) in [5.74, 6) is -0.727. The highest BCUT2D eigenvalue weighted by molar-refractivity contribution is 5.87. The molecule has 0 aromatic heterocycles. The fourth-order valence-corrected chi connectivity index (χ4v) is 2.85. The molecule has 0 aromatic carbocycles. The first-order chi connectivity index (χ1) is 18.8. The van der Waals surface area contributed by atoms with E-state index in [-0.39, 0.29) is 32.3 Å². The maximum atomic E-state index is 11.1. The van der Waals surface area contributed by atoms with Crippen molar-refractivity contribution in [3.05, 3.63) is 36.5 Å². The van der Waals surface area contributed by atoms with Crippen LogP contribution >= 0.6 is 0 Å². The van der Waals surface area contributed by atoms with E-state index >= 15 is 0 Å². The summed E-state index contributed by atoms with van der Waals surface area (Å²) in [4.78, 5) is 48.1. The van der Waals surface area contributed by atoms with Gasteiger partial charge < -0.3 is 29.4 Å². The monoisotopic (exact) mass is 568 g/mol. The molecule has 2 fully saturated rings. The molecule has 1 heterocycles. The van der Waals surface area contributed by atoms with Crippen molar-refractivity contribution in [1.82, 2.24) is 5.32 Å². The molecule has 0 bridgehead atoms. The van der Waals surface area contributed by atoms with E-state index in [2.05, 4.69) is 39.8 Å². The minimum atomic E-state index is -0.677. The molecule has 40 heavy (non-hydrogen) atoms. The van der Waals surface area contributed by atoms with Gasteiger partial charge in [0, 0.05) is 16.7 Å². The van der Waals surface area contributed by atoms with E-state index in [1.807, 2.05) is 6.92 Å². The average molecular weight is 569 g/mol. The topological polar surface area (TPSA) is 162 Å². The maximum Gasteiger partial charge on any atom is 0.433 e. The van der Waals surface area contributed by atoms with Crippen molar-refractivity contribution in [2.24, 2.45) is 11.1 Å². The zero-order valence-electron chi connectivity index (χ0n) is 24.3. The van der Waals surface area contributed by atoms with Crippen LogP contribution in [0.3, 0.4) is 0 Å². The Morgan fingerprint density at radius 1 is 0.875 bits per heavy atom. The number of nitrogens with one attached hydrogen (secondary N) is 1. The van der Waals surface area contributed by atoms with E-state index in [1.54, 1.807) is 27.7 Å². The number of carbonyl (C=O) groups is 4. The Balaban J connectivity index is 0.000000597. The van der Waals surface area contributed by atoms with Crippen molar-refractivity contribution in [1.29, 1.82) is 0 Å². The number of esters is 3. The lowest BCUT2D eigenvalue weighted by Gasteiger charge is -2.18. The van der Waals surface area contributed by atoms with Crippen molar-refractivity contribution < 1.29 is 48.1 Å². The Morgan fingerprint density at radius 3 is 1.93 bits per heavy atom. The third kappa shape index (κ3) is 17.9. The summed E-state index contributed by atoms with van der Waals surface area (Å²) in [5, 5.41) is 14.1. The quantitative estimate of drug-likeness (QED) is 0.0521. The van der Waals surface area contributed by atoms with Crippen LogP contribution in [0.2, 0.25) is 0 Å². The third-order valence-corrected chi connectivity index (χ3v) is 5.33. The van der Waals surface area contributed by atoms with Gasteiger partial charge in [-0.05, 0) is 59.3 Å². The number of amides is 1. The number of oxime groups is 1. The minimum Gasteiger partial charge on any atom is -0.462 e. The molecule has 1 saturated heterocycles. The summed E-state index contributed by atoms with van der Waals surface area (Å²) >= 11 is 0. The van der Waals surface area contributed by atoms with Gasteiger partial charge in [0.05, 0.1) is 37.7 Å². The highest BCUT2D eigenvalue weighted by Crippen LogP contribution is 2.39. The molecule has 1 saturated carbocycles. The van der Waals surface area contributed by atoms with Gasteiger partial charge in [-0.25, -0.2) is 19.2 Å². The van der Waals surface area contributed by atoms with Gasteiger partial charge in [0.2, 0.25) is 0 Å². The van der Waals surface area contributed by atoms with Crippen LogP contribution in [-0.4, -0.2) is 80.0 Å². The zero-order valence-corrected chi connectivity index (χ0v) is 24.3. The molecule has 2 N–H and O–H groups in total. The molecule has 0 aromatic rings. The van der Waals surface area contributed by atoms with Crippen LogP contribution in [0.5, 0.6) is 0 Å². The van der Waals surface area contributed by atoms with Gasteiger partial charge in [-0.15, -0.1) is 0 Å². The average Bonchev–Trinajstić information content (AvgIpc) is 3.70. The fraction of sp³-hybridized carbons (Fsp3) is 0.607. The van der Waals surface area contributed by atoms with Crippen molar-refractivity contribution in [3.8, 4) is 0 Å². The molecule has 1 aliphatic heterocycles. The van der Waals surface area contributed by atoms with Crippen LogP contribution in [-0.2, 0) is 38.2 Å². The van der Waals surface area contributed by atoms with E-state index in [1.165, 1.54) is 0 Å². The molecule has 2 rings (SSSR count). The van der Waals surface area contributed by atoms with Crippen LogP contribution < -0.4 is 5.32 Å². The number of hydrogen-bond acceptors (Lipinski definition) is 11. The lowest BCUT2D eigenvalue weighted by molar-refractivity contribution is -0.141. The molecule has 3 atom stereocenters. The minimum absolute atomic E-state index is 0.0473. The number of nitrogens with zero attached hydrogens (tertiary/aromatic N) is 1. The fourth-order valence-electron chi connectivity index (χ4n) is 2.85. The predicted molar refractivity (Wildman–Crippen MR) is 148 cm³/mol. The second-order valence-corrected chi connectivity index (χ2v) is 9.31. The van der Waals surface area contributed by atoms with Gasteiger partial charge in [0.1, 0.15) is 13.2 Å². The number of aliphatic hydroxyl groups excluding tert-OH is 1.